The molecule has 0 amide bonds. The van der Waals surface area contributed by atoms with Gasteiger partial charge >= 0.3 is 0 Å². The van der Waals surface area contributed by atoms with E-state index in [0.29, 0.717) is 0 Å². The fourth-order valence-corrected chi connectivity index (χ4v) is 4.22. The van der Waals surface area contributed by atoms with Crippen LogP contribution in [0.25, 0.3) is 10.9 Å². The molecule has 32 heavy (non-hydrogen) atoms. The lowest BCUT2D eigenvalue weighted by Crippen LogP contribution is -2.34. The Kier molecular flexibility index (Phi) is 7.95. The quantitative estimate of drug-likeness (QED) is 0.393. The smallest absolute Gasteiger partial charge is 0.0497 e. The van der Waals surface area contributed by atoms with Gasteiger partial charge < -0.3 is 21.8 Å². The third-order valence-corrected chi connectivity index (χ3v) is 6.29. The zero-order valence-corrected chi connectivity index (χ0v) is 22.1. The van der Waals surface area contributed by atoms with Crippen LogP contribution in [0.1, 0.15) is 97.5 Å². The minimum Gasteiger partial charge on any atom is -0.388 e. The van der Waals surface area contributed by atoms with Crippen molar-refractivity contribution in [1.29, 1.82) is 0 Å². The highest BCUT2D eigenvalue weighted by molar-refractivity contribution is 5.89. The largest absolute Gasteiger partial charge is 0.388 e. The second-order valence-corrected chi connectivity index (χ2v) is 12.4. The van der Waals surface area contributed by atoms with Gasteiger partial charge in [-0.3, -0.25) is 0 Å². The molecule has 2 rings (SSSR count). The van der Waals surface area contributed by atoms with Crippen LogP contribution in [0.2, 0.25) is 0 Å². The maximum Gasteiger partial charge on any atom is 0.0497 e. The van der Waals surface area contributed by atoms with Gasteiger partial charge in [-0.2, -0.15) is 0 Å². The Morgan fingerprint density at radius 1 is 0.969 bits per heavy atom. The van der Waals surface area contributed by atoms with Crippen LogP contribution >= 0.6 is 0 Å². The number of rotatable bonds is 8. The third kappa shape index (κ3) is 6.17. The standard InChI is InChI=1S/C28H48N4/c1-18(31-14-12-11-13-29)23(30)17-21-20-15-19(26(2,3)4)16-22(27(5,6)7)24(20)32-25(21)28(8,9)10/h15-16,23,31-32H,1,11-14,17,29-30H2,2-10H3. The van der Waals surface area contributed by atoms with E-state index in [1.54, 1.807) is 0 Å². The summed E-state index contributed by atoms with van der Waals surface area (Å²) < 4.78 is 0. The van der Waals surface area contributed by atoms with Gasteiger partial charge in [0.15, 0.2) is 0 Å². The normalized spacial score (nSPS) is 14.1. The van der Waals surface area contributed by atoms with Gasteiger partial charge in [-0.15, -0.1) is 0 Å². The van der Waals surface area contributed by atoms with Crippen LogP contribution in [0.5, 0.6) is 0 Å². The number of unbranched alkanes of at least 4 members (excludes halogenated alkanes) is 1. The van der Waals surface area contributed by atoms with Crippen molar-refractivity contribution >= 4 is 10.9 Å². The predicted octanol–water partition coefficient (Wildman–Crippen LogP) is 5.77. The molecular formula is C28H48N4. The van der Waals surface area contributed by atoms with Crippen LogP contribution in [0.4, 0.5) is 0 Å². The number of nitrogens with one attached hydrogen (secondary N) is 2. The maximum atomic E-state index is 6.67. The summed E-state index contributed by atoms with van der Waals surface area (Å²) in [7, 11) is 0. The van der Waals surface area contributed by atoms with Crippen molar-refractivity contribution in [2.75, 3.05) is 13.1 Å². The fraction of sp³-hybridized carbons (Fsp3) is 0.643. The average molecular weight is 441 g/mol. The van der Waals surface area contributed by atoms with Crippen molar-refractivity contribution in [2.45, 2.75) is 104 Å². The first-order chi connectivity index (χ1) is 14.6. The summed E-state index contributed by atoms with van der Waals surface area (Å²) in [5, 5.41) is 4.73. The lowest BCUT2D eigenvalue weighted by molar-refractivity contribution is 0.558. The van der Waals surface area contributed by atoms with E-state index in [9.17, 15) is 0 Å². The number of aromatic amines is 1. The van der Waals surface area contributed by atoms with Gasteiger partial charge in [0.25, 0.3) is 0 Å². The molecule has 0 fully saturated rings. The average Bonchev–Trinajstić information content (AvgIpc) is 3.01. The molecule has 4 nitrogen and oxygen atoms in total. The molecule has 1 heterocycles. The van der Waals surface area contributed by atoms with Crippen LogP contribution in [-0.4, -0.2) is 24.1 Å². The van der Waals surface area contributed by atoms with E-state index in [-0.39, 0.29) is 22.3 Å². The molecule has 0 radical (unpaired) electrons. The van der Waals surface area contributed by atoms with Crippen molar-refractivity contribution in [3.63, 3.8) is 0 Å². The van der Waals surface area contributed by atoms with Crippen LogP contribution < -0.4 is 16.8 Å². The summed E-state index contributed by atoms with van der Waals surface area (Å²) in [4.78, 5) is 3.84. The topological polar surface area (TPSA) is 79.9 Å². The van der Waals surface area contributed by atoms with Gasteiger partial charge in [0, 0.05) is 40.3 Å². The predicted molar refractivity (Wildman–Crippen MR) is 142 cm³/mol. The Morgan fingerprint density at radius 3 is 2.09 bits per heavy atom. The van der Waals surface area contributed by atoms with Crippen LogP contribution in [-0.2, 0) is 22.7 Å². The third-order valence-electron chi connectivity index (χ3n) is 6.29. The van der Waals surface area contributed by atoms with Gasteiger partial charge in [-0.1, -0.05) is 75.0 Å². The summed E-state index contributed by atoms with van der Waals surface area (Å²) in [6.07, 6.45) is 2.80. The second kappa shape index (κ2) is 9.61. The number of benzene rings is 1. The zero-order valence-electron chi connectivity index (χ0n) is 22.1. The molecular weight excluding hydrogens is 392 g/mol. The van der Waals surface area contributed by atoms with Crippen molar-refractivity contribution in [1.82, 2.24) is 10.3 Å². The first kappa shape index (κ1) is 26.5. The molecule has 180 valence electrons. The van der Waals surface area contributed by atoms with E-state index >= 15 is 0 Å². The molecule has 1 unspecified atom stereocenters. The lowest BCUT2D eigenvalue weighted by Gasteiger charge is -2.26. The van der Waals surface area contributed by atoms with Crippen molar-refractivity contribution < 1.29 is 0 Å². The summed E-state index contributed by atoms with van der Waals surface area (Å²) in [5.41, 5.74) is 19.9. The molecule has 1 aromatic carbocycles. The first-order valence-electron chi connectivity index (χ1n) is 12.2. The van der Waals surface area contributed by atoms with Gasteiger partial charge in [0.1, 0.15) is 0 Å². The molecule has 0 bridgehead atoms. The SMILES string of the molecule is C=C(NCCCCN)C(N)Cc1c(C(C)(C)C)[nH]c2c(C(C)(C)C)cc(C(C)(C)C)cc12. The Bertz CT molecular complexity index is 929. The fourth-order valence-electron chi connectivity index (χ4n) is 4.22. The minimum atomic E-state index is -0.149. The number of hydrogen-bond acceptors (Lipinski definition) is 3. The summed E-state index contributed by atoms with van der Waals surface area (Å²) >= 11 is 0. The van der Waals surface area contributed by atoms with Crippen LogP contribution in [0.15, 0.2) is 24.4 Å². The van der Waals surface area contributed by atoms with Gasteiger partial charge in [0.2, 0.25) is 0 Å². The van der Waals surface area contributed by atoms with Crippen molar-refractivity contribution in [2.24, 2.45) is 11.5 Å². The molecule has 1 aromatic heterocycles. The number of aromatic nitrogens is 1. The monoisotopic (exact) mass is 440 g/mol. The zero-order chi connectivity index (χ0) is 24.5. The van der Waals surface area contributed by atoms with E-state index in [0.717, 1.165) is 38.0 Å². The Labute approximate surface area is 196 Å². The molecule has 0 aliphatic heterocycles. The highest BCUT2D eigenvalue weighted by Gasteiger charge is 2.29. The molecule has 1 atom stereocenters. The van der Waals surface area contributed by atoms with E-state index in [1.165, 1.54) is 33.3 Å². The Hall–Kier alpha value is -1.78. The maximum absolute atomic E-state index is 6.67. The molecule has 6 N–H and O–H groups in total. The summed E-state index contributed by atoms with van der Waals surface area (Å²) in [6, 6.07) is 4.63. The molecule has 0 spiro atoms. The summed E-state index contributed by atoms with van der Waals surface area (Å²) in [6.45, 7) is 26.4. The molecule has 0 aliphatic rings. The van der Waals surface area contributed by atoms with E-state index in [1.807, 2.05) is 0 Å². The van der Waals surface area contributed by atoms with Crippen LogP contribution in [0.3, 0.4) is 0 Å². The molecule has 0 saturated carbocycles. The second-order valence-electron chi connectivity index (χ2n) is 12.4. The molecule has 4 heteroatoms. The Morgan fingerprint density at radius 2 is 1.59 bits per heavy atom. The van der Waals surface area contributed by atoms with E-state index < -0.39 is 0 Å². The highest BCUT2D eigenvalue weighted by Crippen LogP contribution is 2.40. The molecule has 2 aromatic rings. The molecule has 0 saturated heterocycles. The summed E-state index contributed by atoms with van der Waals surface area (Å²) in [5.74, 6) is 0. The van der Waals surface area contributed by atoms with Crippen molar-refractivity contribution in [3.05, 3.63) is 46.8 Å². The lowest BCUT2D eigenvalue weighted by atomic mass is 9.78. The van der Waals surface area contributed by atoms with Gasteiger partial charge in [-0.05, 0) is 59.4 Å². The number of nitrogens with two attached hydrogens (primary N) is 2. The van der Waals surface area contributed by atoms with Crippen molar-refractivity contribution in [3.8, 4) is 0 Å². The van der Waals surface area contributed by atoms with Crippen LogP contribution in [0, 0.1) is 0 Å². The minimum absolute atomic E-state index is 0.0129. The number of H-pyrrole nitrogens is 1. The highest BCUT2D eigenvalue weighted by atomic mass is 14.9. The van der Waals surface area contributed by atoms with Gasteiger partial charge in [0.05, 0.1) is 0 Å². The number of fused-ring (bicyclic) bond motifs is 1. The van der Waals surface area contributed by atoms with E-state index in [4.69, 9.17) is 11.5 Å². The van der Waals surface area contributed by atoms with E-state index in [2.05, 4.69) is 91.3 Å². The molecule has 0 aliphatic carbocycles. The first-order valence-corrected chi connectivity index (χ1v) is 12.2. The Balaban J connectivity index is 2.61. The number of hydrogen-bond donors (Lipinski definition) is 4. The van der Waals surface area contributed by atoms with Gasteiger partial charge in [-0.25, -0.2) is 0 Å².